The van der Waals surface area contributed by atoms with Crippen molar-refractivity contribution < 1.29 is 9.47 Å². The zero-order chi connectivity index (χ0) is 18.7. The molecule has 0 aliphatic carbocycles. The molecule has 140 valence electrons. The Morgan fingerprint density at radius 3 is 2.44 bits per heavy atom. The molecule has 3 aromatic carbocycles. The molecule has 0 aromatic heterocycles. The third-order valence-corrected chi connectivity index (χ3v) is 4.25. The molecule has 0 fully saturated rings. The Kier molecular flexibility index (Phi) is 7.16. The van der Waals surface area contributed by atoms with Gasteiger partial charge in [-0.25, -0.2) is 0 Å². The van der Waals surface area contributed by atoms with Gasteiger partial charge in [0.15, 0.2) is 0 Å². The van der Waals surface area contributed by atoms with Gasteiger partial charge >= 0.3 is 0 Å². The van der Waals surface area contributed by atoms with Crippen molar-refractivity contribution >= 4 is 5.69 Å². The van der Waals surface area contributed by atoms with Crippen molar-refractivity contribution in [1.82, 2.24) is 0 Å². The van der Waals surface area contributed by atoms with E-state index in [9.17, 15) is 0 Å². The number of nitrogens with one attached hydrogen (secondary N) is 1. The minimum atomic E-state index is 0.668. The standard InChI is InChI=1S/C24H27NO2/c1-2-16-26-23-13-8-12-22(18-23)25-19-21-11-6-7-14-24(21)27-17-15-20-9-4-3-5-10-20/h3-14,18,25H,2,15-17,19H2,1H3. The summed E-state index contributed by atoms with van der Waals surface area (Å²) < 4.78 is 11.7. The van der Waals surface area contributed by atoms with E-state index < -0.39 is 0 Å². The van der Waals surface area contributed by atoms with Gasteiger partial charge in [0.05, 0.1) is 13.2 Å². The number of anilines is 1. The first-order valence-electron chi connectivity index (χ1n) is 9.56. The average molecular weight is 361 g/mol. The van der Waals surface area contributed by atoms with Crippen molar-refractivity contribution in [2.75, 3.05) is 18.5 Å². The molecule has 27 heavy (non-hydrogen) atoms. The Morgan fingerprint density at radius 1 is 0.778 bits per heavy atom. The molecule has 0 aliphatic rings. The van der Waals surface area contributed by atoms with Crippen LogP contribution >= 0.6 is 0 Å². The van der Waals surface area contributed by atoms with Crippen LogP contribution in [0.4, 0.5) is 5.69 Å². The summed E-state index contributed by atoms with van der Waals surface area (Å²) in [5.74, 6) is 1.83. The molecule has 3 aromatic rings. The van der Waals surface area contributed by atoms with Gasteiger partial charge in [-0.15, -0.1) is 0 Å². The lowest BCUT2D eigenvalue weighted by atomic mass is 10.1. The number of hydrogen-bond acceptors (Lipinski definition) is 3. The van der Waals surface area contributed by atoms with Crippen molar-refractivity contribution in [2.45, 2.75) is 26.3 Å². The molecule has 0 heterocycles. The quantitative estimate of drug-likeness (QED) is 0.502. The van der Waals surface area contributed by atoms with Gasteiger partial charge in [-0.05, 0) is 30.2 Å². The number of rotatable bonds is 10. The number of hydrogen-bond donors (Lipinski definition) is 1. The molecule has 0 spiro atoms. The second-order valence-corrected chi connectivity index (χ2v) is 6.42. The summed E-state index contributed by atoms with van der Waals surface area (Å²) in [6, 6.07) is 26.7. The van der Waals surface area contributed by atoms with Crippen molar-refractivity contribution in [2.24, 2.45) is 0 Å². The lowest BCUT2D eigenvalue weighted by Crippen LogP contribution is -2.06. The predicted molar refractivity (Wildman–Crippen MR) is 112 cm³/mol. The summed E-state index contributed by atoms with van der Waals surface area (Å²) >= 11 is 0. The van der Waals surface area contributed by atoms with E-state index in [0.717, 1.165) is 42.2 Å². The molecule has 3 heteroatoms. The lowest BCUT2D eigenvalue weighted by molar-refractivity contribution is 0.317. The van der Waals surface area contributed by atoms with Gasteiger partial charge in [-0.2, -0.15) is 0 Å². The Balaban J connectivity index is 1.56. The van der Waals surface area contributed by atoms with Gasteiger partial charge in [-0.1, -0.05) is 61.5 Å². The van der Waals surface area contributed by atoms with Crippen LogP contribution in [-0.2, 0) is 13.0 Å². The molecular weight excluding hydrogens is 334 g/mol. The highest BCUT2D eigenvalue weighted by Crippen LogP contribution is 2.22. The summed E-state index contributed by atoms with van der Waals surface area (Å²) in [4.78, 5) is 0. The highest BCUT2D eigenvalue weighted by molar-refractivity contribution is 5.49. The van der Waals surface area contributed by atoms with Gasteiger partial charge in [0.1, 0.15) is 11.5 Å². The maximum absolute atomic E-state index is 6.04. The number of benzene rings is 3. The molecule has 0 amide bonds. The third kappa shape index (κ3) is 6.07. The van der Waals surface area contributed by atoms with E-state index in [1.807, 2.05) is 42.5 Å². The molecule has 0 atom stereocenters. The molecule has 0 saturated carbocycles. The van der Waals surface area contributed by atoms with E-state index >= 15 is 0 Å². The van der Waals surface area contributed by atoms with Crippen molar-refractivity contribution in [3.05, 3.63) is 90.0 Å². The van der Waals surface area contributed by atoms with Crippen LogP contribution in [0.1, 0.15) is 24.5 Å². The van der Waals surface area contributed by atoms with E-state index in [2.05, 4.69) is 48.6 Å². The molecule has 0 unspecified atom stereocenters. The molecule has 0 aliphatic heterocycles. The lowest BCUT2D eigenvalue weighted by Gasteiger charge is -2.13. The normalized spacial score (nSPS) is 10.4. The molecule has 1 N–H and O–H groups in total. The van der Waals surface area contributed by atoms with Gasteiger partial charge < -0.3 is 14.8 Å². The topological polar surface area (TPSA) is 30.5 Å². The number of para-hydroxylation sites is 1. The van der Waals surface area contributed by atoms with Crippen LogP contribution in [0.2, 0.25) is 0 Å². The predicted octanol–water partition coefficient (Wildman–Crippen LogP) is 5.71. The Labute approximate surface area is 162 Å². The Bertz CT molecular complexity index is 817. The van der Waals surface area contributed by atoms with Crippen LogP contribution in [0.5, 0.6) is 11.5 Å². The fraction of sp³-hybridized carbons (Fsp3) is 0.250. The van der Waals surface area contributed by atoms with Gasteiger partial charge in [0.2, 0.25) is 0 Å². The van der Waals surface area contributed by atoms with Crippen LogP contribution in [0.15, 0.2) is 78.9 Å². The summed E-state index contributed by atoms with van der Waals surface area (Å²) in [5.41, 5.74) is 3.48. The van der Waals surface area contributed by atoms with Crippen molar-refractivity contribution in [1.29, 1.82) is 0 Å². The maximum Gasteiger partial charge on any atom is 0.124 e. The highest BCUT2D eigenvalue weighted by Gasteiger charge is 2.04. The molecule has 0 radical (unpaired) electrons. The average Bonchev–Trinajstić information content (AvgIpc) is 2.73. The summed E-state index contributed by atoms with van der Waals surface area (Å²) in [5, 5.41) is 3.47. The summed E-state index contributed by atoms with van der Waals surface area (Å²) in [6.45, 7) is 4.22. The van der Waals surface area contributed by atoms with Crippen LogP contribution in [-0.4, -0.2) is 13.2 Å². The molecule has 3 rings (SSSR count). The summed E-state index contributed by atoms with van der Waals surface area (Å²) in [7, 11) is 0. The van der Waals surface area contributed by atoms with Gasteiger partial charge in [0, 0.05) is 30.3 Å². The second kappa shape index (κ2) is 10.3. The van der Waals surface area contributed by atoms with Crippen molar-refractivity contribution in [3.63, 3.8) is 0 Å². The van der Waals surface area contributed by atoms with Crippen LogP contribution < -0.4 is 14.8 Å². The Hall–Kier alpha value is -2.94. The highest BCUT2D eigenvalue weighted by atomic mass is 16.5. The molecular formula is C24H27NO2. The number of ether oxygens (including phenoxy) is 2. The van der Waals surface area contributed by atoms with Crippen LogP contribution in [0.25, 0.3) is 0 Å². The van der Waals surface area contributed by atoms with E-state index in [1.165, 1.54) is 5.56 Å². The third-order valence-electron chi connectivity index (χ3n) is 4.25. The zero-order valence-corrected chi connectivity index (χ0v) is 15.9. The SMILES string of the molecule is CCCOc1cccc(NCc2ccccc2OCCc2ccccc2)c1. The molecule has 0 bridgehead atoms. The fourth-order valence-electron chi connectivity index (χ4n) is 2.83. The monoisotopic (exact) mass is 361 g/mol. The second-order valence-electron chi connectivity index (χ2n) is 6.42. The first-order chi connectivity index (χ1) is 13.3. The minimum Gasteiger partial charge on any atom is -0.494 e. The largest absolute Gasteiger partial charge is 0.494 e. The molecule has 3 nitrogen and oxygen atoms in total. The van der Waals surface area contributed by atoms with E-state index in [4.69, 9.17) is 9.47 Å². The van der Waals surface area contributed by atoms with Gasteiger partial charge in [-0.3, -0.25) is 0 Å². The van der Waals surface area contributed by atoms with Gasteiger partial charge in [0.25, 0.3) is 0 Å². The van der Waals surface area contributed by atoms with E-state index in [1.54, 1.807) is 0 Å². The maximum atomic E-state index is 6.04. The van der Waals surface area contributed by atoms with Crippen LogP contribution in [0.3, 0.4) is 0 Å². The Morgan fingerprint density at radius 2 is 1.59 bits per heavy atom. The molecule has 0 saturated heterocycles. The zero-order valence-electron chi connectivity index (χ0n) is 15.9. The minimum absolute atomic E-state index is 0.668. The fourth-order valence-corrected chi connectivity index (χ4v) is 2.83. The van der Waals surface area contributed by atoms with E-state index in [0.29, 0.717) is 13.2 Å². The summed E-state index contributed by atoms with van der Waals surface area (Å²) in [6.07, 6.45) is 1.91. The first kappa shape index (κ1) is 18.8. The van der Waals surface area contributed by atoms with Crippen molar-refractivity contribution in [3.8, 4) is 11.5 Å². The smallest absolute Gasteiger partial charge is 0.124 e. The van der Waals surface area contributed by atoms with Crippen LogP contribution in [0, 0.1) is 0 Å². The van der Waals surface area contributed by atoms with E-state index in [-0.39, 0.29) is 0 Å². The first-order valence-corrected chi connectivity index (χ1v) is 9.56.